The molecule has 6 rings (SSSR count). The SMILES string of the molecule is CC1=NC2=C(C(=O)C[C@@H](c3ccccc3)C2)[C@@H](c2ccc3c(c2)OCO3)C1C(=O)OCCc1ccccc1. The van der Waals surface area contributed by atoms with E-state index in [2.05, 4.69) is 12.1 Å². The molecule has 3 aromatic carbocycles. The number of hydrogen-bond acceptors (Lipinski definition) is 6. The highest BCUT2D eigenvalue weighted by Gasteiger charge is 2.45. The zero-order valence-corrected chi connectivity index (χ0v) is 21.3. The van der Waals surface area contributed by atoms with Crippen LogP contribution < -0.4 is 9.47 Å². The lowest BCUT2D eigenvalue weighted by Crippen LogP contribution is -2.38. The predicted octanol–water partition coefficient (Wildman–Crippen LogP) is 5.78. The molecule has 3 aromatic rings. The van der Waals surface area contributed by atoms with E-state index in [1.807, 2.05) is 73.7 Å². The van der Waals surface area contributed by atoms with E-state index in [0.29, 0.717) is 42.0 Å². The number of benzene rings is 3. The molecule has 0 radical (unpaired) electrons. The average molecular weight is 508 g/mol. The largest absolute Gasteiger partial charge is 0.465 e. The Morgan fingerprint density at radius 3 is 2.45 bits per heavy atom. The molecule has 3 aliphatic rings. The summed E-state index contributed by atoms with van der Waals surface area (Å²) in [6.07, 6.45) is 1.66. The highest BCUT2D eigenvalue weighted by Crippen LogP contribution is 2.48. The Bertz CT molecular complexity index is 1430. The fraction of sp³-hybridized carbons (Fsp3) is 0.281. The second-order valence-corrected chi connectivity index (χ2v) is 10.0. The minimum atomic E-state index is -0.692. The van der Waals surface area contributed by atoms with Crippen LogP contribution in [0, 0.1) is 5.92 Å². The number of aliphatic imine (C=N–C) groups is 1. The van der Waals surface area contributed by atoms with E-state index in [0.717, 1.165) is 22.4 Å². The van der Waals surface area contributed by atoms with Gasteiger partial charge in [0.2, 0.25) is 6.79 Å². The molecule has 0 saturated heterocycles. The van der Waals surface area contributed by atoms with Gasteiger partial charge in [-0.15, -0.1) is 0 Å². The molecule has 0 fully saturated rings. The molecular weight excluding hydrogens is 478 g/mol. The number of nitrogens with zero attached hydrogens (tertiary/aromatic N) is 1. The Balaban J connectivity index is 1.34. The lowest BCUT2D eigenvalue weighted by atomic mass is 9.69. The molecule has 2 heterocycles. The van der Waals surface area contributed by atoms with Crippen molar-refractivity contribution in [1.29, 1.82) is 0 Å². The minimum absolute atomic E-state index is 0.0288. The zero-order valence-electron chi connectivity index (χ0n) is 21.3. The van der Waals surface area contributed by atoms with Crippen molar-refractivity contribution in [3.05, 3.63) is 107 Å². The summed E-state index contributed by atoms with van der Waals surface area (Å²) in [7, 11) is 0. The highest BCUT2D eigenvalue weighted by atomic mass is 16.7. The van der Waals surface area contributed by atoms with Crippen molar-refractivity contribution < 1.29 is 23.8 Å². The Labute approximate surface area is 222 Å². The summed E-state index contributed by atoms with van der Waals surface area (Å²) >= 11 is 0. The second kappa shape index (κ2) is 10.3. The maximum atomic E-state index is 13.8. The standard InChI is InChI=1S/C32H29NO5/c1-20-29(32(35)36-15-14-21-8-4-2-5-9-21)30(23-12-13-27-28(18-23)38-19-37-27)31-25(33-20)16-24(17-26(31)34)22-10-6-3-7-11-22/h2-13,18,24,29-30H,14-17,19H2,1H3/t24-,29?,30-/m0/s1. The molecular formula is C32H29NO5. The van der Waals surface area contributed by atoms with Gasteiger partial charge in [0.1, 0.15) is 5.92 Å². The van der Waals surface area contributed by atoms with E-state index in [1.165, 1.54) is 0 Å². The van der Waals surface area contributed by atoms with Gasteiger partial charge in [0.15, 0.2) is 17.3 Å². The number of ketones is 1. The van der Waals surface area contributed by atoms with E-state index in [4.69, 9.17) is 19.2 Å². The van der Waals surface area contributed by atoms with Gasteiger partial charge in [0.05, 0.1) is 6.61 Å². The van der Waals surface area contributed by atoms with Gasteiger partial charge < -0.3 is 14.2 Å². The van der Waals surface area contributed by atoms with Crippen LogP contribution in [-0.4, -0.2) is 30.9 Å². The number of rotatable bonds is 6. The maximum absolute atomic E-state index is 13.8. The second-order valence-electron chi connectivity index (χ2n) is 10.0. The van der Waals surface area contributed by atoms with Gasteiger partial charge in [-0.3, -0.25) is 14.6 Å². The van der Waals surface area contributed by atoms with Crippen LogP contribution in [0.25, 0.3) is 0 Å². The Morgan fingerprint density at radius 2 is 1.66 bits per heavy atom. The Hall–Kier alpha value is -4.19. The van der Waals surface area contributed by atoms with Crippen LogP contribution in [-0.2, 0) is 20.7 Å². The fourth-order valence-corrected chi connectivity index (χ4v) is 5.80. The van der Waals surface area contributed by atoms with Gasteiger partial charge >= 0.3 is 5.97 Å². The number of carbonyl (C=O) groups excluding carboxylic acids is 2. The number of carbonyl (C=O) groups is 2. The van der Waals surface area contributed by atoms with Crippen molar-refractivity contribution in [2.75, 3.05) is 13.4 Å². The number of esters is 1. The third kappa shape index (κ3) is 4.62. The van der Waals surface area contributed by atoms with Crippen LogP contribution in [0.1, 0.15) is 48.3 Å². The van der Waals surface area contributed by atoms with E-state index >= 15 is 0 Å². The summed E-state index contributed by atoms with van der Waals surface area (Å²) < 4.78 is 16.9. The monoisotopic (exact) mass is 507 g/mol. The predicted molar refractivity (Wildman–Crippen MR) is 143 cm³/mol. The number of allylic oxidation sites excluding steroid dienone is 2. The summed E-state index contributed by atoms with van der Waals surface area (Å²) in [4.78, 5) is 32.2. The van der Waals surface area contributed by atoms with Crippen molar-refractivity contribution in [3.8, 4) is 11.5 Å². The molecule has 38 heavy (non-hydrogen) atoms. The normalized spacial score (nSPS) is 22.1. The number of ether oxygens (including phenoxy) is 3. The molecule has 3 atom stereocenters. The van der Waals surface area contributed by atoms with Crippen LogP contribution in [0.2, 0.25) is 0 Å². The molecule has 192 valence electrons. The summed E-state index contributed by atoms with van der Waals surface area (Å²) in [5, 5.41) is 0. The van der Waals surface area contributed by atoms with Crippen LogP contribution in [0.4, 0.5) is 0 Å². The van der Waals surface area contributed by atoms with Crippen LogP contribution in [0.5, 0.6) is 11.5 Å². The first-order chi connectivity index (χ1) is 18.6. The van der Waals surface area contributed by atoms with Gasteiger partial charge in [0, 0.05) is 35.7 Å². The van der Waals surface area contributed by atoms with Crippen molar-refractivity contribution in [2.24, 2.45) is 10.9 Å². The lowest BCUT2D eigenvalue weighted by Gasteiger charge is -2.36. The summed E-state index contributed by atoms with van der Waals surface area (Å²) in [5.74, 6) is -0.189. The first kappa shape index (κ1) is 24.2. The minimum Gasteiger partial charge on any atom is -0.465 e. The topological polar surface area (TPSA) is 74.2 Å². The quantitative estimate of drug-likeness (QED) is 0.396. The Kier molecular flexibility index (Phi) is 6.54. The van der Waals surface area contributed by atoms with Crippen LogP contribution in [0.3, 0.4) is 0 Å². The molecule has 6 nitrogen and oxygen atoms in total. The van der Waals surface area contributed by atoms with Crippen molar-refractivity contribution in [3.63, 3.8) is 0 Å². The fourth-order valence-electron chi connectivity index (χ4n) is 5.80. The van der Waals surface area contributed by atoms with Gasteiger partial charge in [-0.2, -0.15) is 0 Å². The van der Waals surface area contributed by atoms with E-state index < -0.39 is 11.8 Å². The third-order valence-electron chi connectivity index (χ3n) is 7.65. The van der Waals surface area contributed by atoms with Gasteiger partial charge in [-0.25, -0.2) is 0 Å². The molecule has 1 aliphatic carbocycles. The molecule has 2 aliphatic heterocycles. The van der Waals surface area contributed by atoms with Crippen LogP contribution >= 0.6 is 0 Å². The van der Waals surface area contributed by atoms with Gasteiger partial charge in [-0.05, 0) is 48.1 Å². The first-order valence-corrected chi connectivity index (χ1v) is 13.0. The molecule has 1 unspecified atom stereocenters. The summed E-state index contributed by atoms with van der Waals surface area (Å²) in [6, 6.07) is 25.7. The first-order valence-electron chi connectivity index (χ1n) is 13.0. The number of Topliss-reactive ketones (excluding diaryl/α,β-unsaturated/α-hetero) is 1. The van der Waals surface area contributed by atoms with Crippen molar-refractivity contribution in [1.82, 2.24) is 0 Å². The zero-order chi connectivity index (χ0) is 26.1. The van der Waals surface area contributed by atoms with E-state index in [9.17, 15) is 9.59 Å². The lowest BCUT2D eigenvalue weighted by molar-refractivity contribution is -0.146. The number of hydrogen-bond donors (Lipinski definition) is 0. The average Bonchev–Trinajstić information content (AvgIpc) is 3.41. The van der Waals surface area contributed by atoms with Crippen molar-refractivity contribution >= 4 is 17.5 Å². The summed E-state index contributed by atoms with van der Waals surface area (Å²) in [6.45, 7) is 2.28. The number of fused-ring (bicyclic) bond motifs is 1. The Morgan fingerprint density at radius 1 is 0.921 bits per heavy atom. The molecule has 0 aromatic heterocycles. The van der Waals surface area contributed by atoms with Crippen molar-refractivity contribution in [2.45, 2.75) is 38.0 Å². The highest BCUT2D eigenvalue weighted by molar-refractivity contribution is 6.09. The smallest absolute Gasteiger partial charge is 0.315 e. The molecule has 0 spiro atoms. The molecule has 6 heteroatoms. The molecule has 0 N–H and O–H groups in total. The molecule has 0 amide bonds. The summed E-state index contributed by atoms with van der Waals surface area (Å²) in [5.41, 5.74) is 5.10. The molecule has 0 bridgehead atoms. The molecule has 0 saturated carbocycles. The van der Waals surface area contributed by atoms with Gasteiger partial charge in [0.25, 0.3) is 0 Å². The van der Waals surface area contributed by atoms with Crippen LogP contribution in [0.15, 0.2) is 95.1 Å². The third-order valence-corrected chi connectivity index (χ3v) is 7.65. The maximum Gasteiger partial charge on any atom is 0.315 e. The van der Waals surface area contributed by atoms with E-state index in [1.54, 1.807) is 0 Å². The van der Waals surface area contributed by atoms with Gasteiger partial charge in [-0.1, -0.05) is 66.7 Å². The van der Waals surface area contributed by atoms with E-state index in [-0.39, 0.29) is 31.1 Å².